The zero-order valence-electron chi connectivity index (χ0n) is 13.6. The van der Waals surface area contributed by atoms with E-state index in [1.54, 1.807) is 6.92 Å². The molecule has 6 heteroatoms. The lowest BCUT2D eigenvalue weighted by Crippen LogP contribution is -2.31. The van der Waals surface area contributed by atoms with E-state index in [2.05, 4.69) is 5.16 Å². The summed E-state index contributed by atoms with van der Waals surface area (Å²) in [6, 6.07) is 5.77. The minimum atomic E-state index is -0.0406. The molecule has 0 spiro atoms. The second-order valence-corrected chi connectivity index (χ2v) is 7.11. The molecule has 2 N–H and O–H groups in total. The van der Waals surface area contributed by atoms with Crippen molar-refractivity contribution in [2.75, 3.05) is 6.54 Å². The Morgan fingerprint density at radius 3 is 3.00 bits per heavy atom. The molecule has 1 aromatic carbocycles. The van der Waals surface area contributed by atoms with Gasteiger partial charge in [-0.05, 0) is 50.8 Å². The van der Waals surface area contributed by atoms with Crippen molar-refractivity contribution in [3.8, 4) is 0 Å². The Balaban J connectivity index is 2.06. The van der Waals surface area contributed by atoms with E-state index < -0.39 is 0 Å². The van der Waals surface area contributed by atoms with Crippen LogP contribution in [-0.4, -0.2) is 16.3 Å². The zero-order chi connectivity index (χ0) is 16.8. The summed E-state index contributed by atoms with van der Waals surface area (Å²) in [5, 5.41) is 5.88. The van der Waals surface area contributed by atoms with E-state index in [0.717, 1.165) is 36.6 Å². The number of hydrogen-bond donors (Lipinski definition) is 1. The molecule has 1 aliphatic rings. The zero-order valence-corrected chi connectivity index (χ0v) is 14.3. The minimum absolute atomic E-state index is 0.0406. The molecule has 0 radical (unpaired) electrons. The number of benzene rings is 1. The highest BCUT2D eigenvalue weighted by Crippen LogP contribution is 2.36. The predicted octanol–water partition coefficient (Wildman–Crippen LogP) is 3.79. The van der Waals surface area contributed by atoms with Crippen molar-refractivity contribution in [1.82, 2.24) is 9.72 Å². The number of aryl methyl sites for hydroxylation is 1. The van der Waals surface area contributed by atoms with Crippen LogP contribution in [0.15, 0.2) is 27.5 Å². The summed E-state index contributed by atoms with van der Waals surface area (Å²) in [5.41, 5.74) is 7.76. The van der Waals surface area contributed by atoms with Crippen LogP contribution in [0.1, 0.15) is 37.4 Å². The lowest BCUT2D eigenvalue weighted by molar-refractivity contribution is 0.273. The Morgan fingerprint density at radius 2 is 2.21 bits per heavy atom. The average Bonchev–Trinajstić information content (AvgIpc) is 2.97. The number of hydrogen-bond acceptors (Lipinski definition) is 4. The van der Waals surface area contributed by atoms with Crippen LogP contribution in [0.4, 0.5) is 0 Å². The molecule has 126 valence electrons. The molecule has 0 saturated heterocycles. The Kier molecular flexibility index (Phi) is 3.85. The normalized spacial score (nSPS) is 21.6. The van der Waals surface area contributed by atoms with E-state index in [-0.39, 0.29) is 11.6 Å². The maximum atomic E-state index is 13.2. The Labute approximate surface area is 144 Å². The number of aromatic nitrogens is 2. The highest BCUT2D eigenvalue weighted by atomic mass is 35.5. The van der Waals surface area contributed by atoms with Crippen molar-refractivity contribution in [2.24, 2.45) is 11.7 Å². The summed E-state index contributed by atoms with van der Waals surface area (Å²) in [6.07, 6.45) is 4.12. The first-order valence-corrected chi connectivity index (χ1v) is 8.78. The molecule has 3 aromatic rings. The molecule has 0 aliphatic heterocycles. The summed E-state index contributed by atoms with van der Waals surface area (Å²) in [6.45, 7) is 2.46. The van der Waals surface area contributed by atoms with Crippen LogP contribution >= 0.6 is 11.6 Å². The number of halogens is 1. The van der Waals surface area contributed by atoms with Gasteiger partial charge in [0.05, 0.1) is 21.6 Å². The SMILES string of the molecule is Cc1noc2c1c(=O)n(C1CCCC(CN)C1)c1cccc(Cl)c21. The van der Waals surface area contributed by atoms with Gasteiger partial charge in [0, 0.05) is 6.04 Å². The molecule has 24 heavy (non-hydrogen) atoms. The van der Waals surface area contributed by atoms with Crippen LogP contribution in [0.3, 0.4) is 0 Å². The topological polar surface area (TPSA) is 74.0 Å². The monoisotopic (exact) mass is 345 g/mol. The first-order chi connectivity index (χ1) is 11.6. The number of nitrogens with zero attached hydrogens (tertiary/aromatic N) is 2. The van der Waals surface area contributed by atoms with Crippen LogP contribution in [0.25, 0.3) is 21.9 Å². The Hall–Kier alpha value is -1.85. The van der Waals surface area contributed by atoms with Crippen LogP contribution in [0.2, 0.25) is 5.02 Å². The molecule has 0 amide bonds. The summed E-state index contributed by atoms with van der Waals surface area (Å²) in [4.78, 5) is 13.2. The van der Waals surface area contributed by atoms with E-state index in [4.69, 9.17) is 21.9 Å². The summed E-state index contributed by atoms with van der Waals surface area (Å²) < 4.78 is 7.34. The minimum Gasteiger partial charge on any atom is -0.355 e. The second-order valence-electron chi connectivity index (χ2n) is 6.70. The lowest BCUT2D eigenvalue weighted by atomic mass is 9.85. The van der Waals surface area contributed by atoms with Gasteiger partial charge in [-0.25, -0.2) is 0 Å². The quantitative estimate of drug-likeness (QED) is 0.766. The van der Waals surface area contributed by atoms with Crippen molar-refractivity contribution in [1.29, 1.82) is 0 Å². The molecule has 2 unspecified atom stereocenters. The maximum Gasteiger partial charge on any atom is 0.264 e. The second kappa shape index (κ2) is 5.90. The molecule has 0 bridgehead atoms. The smallest absolute Gasteiger partial charge is 0.264 e. The van der Waals surface area contributed by atoms with Crippen molar-refractivity contribution in [3.05, 3.63) is 39.3 Å². The van der Waals surface area contributed by atoms with Crippen molar-refractivity contribution in [3.63, 3.8) is 0 Å². The van der Waals surface area contributed by atoms with E-state index in [9.17, 15) is 4.79 Å². The molecule has 2 atom stereocenters. The molecule has 1 aliphatic carbocycles. The predicted molar refractivity (Wildman–Crippen MR) is 95.6 cm³/mol. The van der Waals surface area contributed by atoms with Crippen LogP contribution in [0.5, 0.6) is 0 Å². The largest absolute Gasteiger partial charge is 0.355 e. The highest BCUT2D eigenvalue weighted by molar-refractivity contribution is 6.37. The average molecular weight is 346 g/mol. The third-order valence-electron chi connectivity index (χ3n) is 5.23. The van der Waals surface area contributed by atoms with Crippen molar-refractivity contribution < 1.29 is 4.52 Å². The fourth-order valence-electron chi connectivity index (χ4n) is 4.03. The fourth-order valence-corrected chi connectivity index (χ4v) is 4.29. The van der Waals surface area contributed by atoms with Crippen LogP contribution < -0.4 is 11.3 Å². The Morgan fingerprint density at radius 1 is 1.38 bits per heavy atom. The van der Waals surface area contributed by atoms with Gasteiger partial charge in [0.25, 0.3) is 5.56 Å². The van der Waals surface area contributed by atoms with Gasteiger partial charge in [0.2, 0.25) is 0 Å². The summed E-state index contributed by atoms with van der Waals surface area (Å²) >= 11 is 6.44. The third kappa shape index (κ3) is 2.26. The van der Waals surface area contributed by atoms with Gasteiger partial charge < -0.3 is 14.8 Å². The van der Waals surface area contributed by atoms with E-state index in [1.165, 1.54) is 0 Å². The van der Waals surface area contributed by atoms with Crippen molar-refractivity contribution >= 4 is 33.5 Å². The number of rotatable bonds is 2. The molecule has 1 fully saturated rings. The number of pyridine rings is 1. The standard InChI is InChI=1S/C18H20ClN3O2/c1-10-15-17(24-21-10)16-13(19)6-3-7-14(16)22(18(15)23)12-5-2-4-11(8-12)9-20/h3,6-7,11-12H,2,4-5,8-9,20H2,1H3. The first kappa shape index (κ1) is 15.7. The first-order valence-electron chi connectivity index (χ1n) is 8.40. The molecule has 4 rings (SSSR count). The van der Waals surface area contributed by atoms with Gasteiger partial charge in [-0.15, -0.1) is 0 Å². The fraction of sp³-hybridized carbons (Fsp3) is 0.444. The Bertz CT molecular complexity index is 976. The van der Waals surface area contributed by atoms with Crippen molar-refractivity contribution in [2.45, 2.75) is 38.6 Å². The van der Waals surface area contributed by atoms with Gasteiger partial charge in [-0.2, -0.15) is 0 Å². The maximum absolute atomic E-state index is 13.2. The summed E-state index contributed by atoms with van der Waals surface area (Å²) in [7, 11) is 0. The van der Waals surface area contributed by atoms with Gasteiger partial charge in [0.15, 0.2) is 5.58 Å². The van der Waals surface area contributed by atoms with E-state index in [0.29, 0.717) is 34.1 Å². The van der Waals surface area contributed by atoms with Gasteiger partial charge in [-0.3, -0.25) is 4.79 Å². The third-order valence-corrected chi connectivity index (χ3v) is 5.54. The molecular formula is C18H20ClN3O2. The van der Waals surface area contributed by atoms with Crippen LogP contribution in [0, 0.1) is 12.8 Å². The highest BCUT2D eigenvalue weighted by Gasteiger charge is 2.27. The molecule has 2 heterocycles. The molecule has 5 nitrogen and oxygen atoms in total. The molecule has 1 saturated carbocycles. The van der Waals surface area contributed by atoms with Gasteiger partial charge in [-0.1, -0.05) is 29.2 Å². The summed E-state index contributed by atoms with van der Waals surface area (Å²) in [5.74, 6) is 0.462. The van der Waals surface area contributed by atoms with E-state index in [1.807, 2.05) is 22.8 Å². The van der Waals surface area contributed by atoms with E-state index >= 15 is 0 Å². The molecular weight excluding hydrogens is 326 g/mol. The molecule has 2 aromatic heterocycles. The number of fused-ring (bicyclic) bond motifs is 3. The van der Waals surface area contributed by atoms with Gasteiger partial charge in [0.1, 0.15) is 5.39 Å². The van der Waals surface area contributed by atoms with Crippen LogP contribution in [-0.2, 0) is 0 Å². The number of nitrogens with two attached hydrogens (primary N) is 1. The lowest BCUT2D eigenvalue weighted by Gasteiger charge is -2.30. The van der Waals surface area contributed by atoms with Gasteiger partial charge >= 0.3 is 0 Å².